The Bertz CT molecular complexity index is 457. The SMILES string of the molecule is COC(=O)CN(C(=O)c1csc(C(C)N)n1)C(C)C. The molecule has 0 aliphatic rings. The molecule has 1 amide bonds. The molecule has 0 fully saturated rings. The van der Waals surface area contributed by atoms with E-state index in [4.69, 9.17) is 5.73 Å². The lowest BCUT2D eigenvalue weighted by molar-refractivity contribution is -0.141. The number of thiazole rings is 1. The molecule has 1 unspecified atom stereocenters. The number of hydrogen-bond donors (Lipinski definition) is 1. The van der Waals surface area contributed by atoms with Crippen molar-refractivity contribution in [3.05, 3.63) is 16.1 Å². The number of hydrogen-bond acceptors (Lipinski definition) is 6. The summed E-state index contributed by atoms with van der Waals surface area (Å²) in [6, 6.07) is -0.327. The normalized spacial score (nSPS) is 12.3. The molecule has 0 saturated carbocycles. The van der Waals surface area contributed by atoms with E-state index in [1.807, 2.05) is 20.8 Å². The summed E-state index contributed by atoms with van der Waals surface area (Å²) in [6.07, 6.45) is 0. The van der Waals surface area contributed by atoms with Crippen LogP contribution in [0.1, 0.15) is 42.3 Å². The van der Waals surface area contributed by atoms with Crippen molar-refractivity contribution < 1.29 is 14.3 Å². The molecule has 1 aromatic heterocycles. The fraction of sp³-hybridized carbons (Fsp3) is 0.583. The van der Waals surface area contributed by atoms with E-state index in [9.17, 15) is 9.59 Å². The molecule has 106 valence electrons. The molecule has 1 aromatic rings. The van der Waals surface area contributed by atoms with Gasteiger partial charge in [0, 0.05) is 11.4 Å². The summed E-state index contributed by atoms with van der Waals surface area (Å²) in [7, 11) is 1.29. The van der Waals surface area contributed by atoms with E-state index >= 15 is 0 Å². The molecule has 19 heavy (non-hydrogen) atoms. The van der Waals surface area contributed by atoms with E-state index in [2.05, 4.69) is 9.72 Å². The number of rotatable bonds is 5. The predicted octanol–water partition coefficient (Wildman–Crippen LogP) is 1.19. The highest BCUT2D eigenvalue weighted by Crippen LogP contribution is 2.17. The molecule has 0 aliphatic carbocycles. The summed E-state index contributed by atoms with van der Waals surface area (Å²) in [5.41, 5.74) is 6.03. The summed E-state index contributed by atoms with van der Waals surface area (Å²) in [6.45, 7) is 5.39. The maximum absolute atomic E-state index is 12.3. The van der Waals surface area contributed by atoms with Crippen molar-refractivity contribution in [3.63, 3.8) is 0 Å². The molecule has 0 radical (unpaired) electrons. The molecular weight excluding hydrogens is 266 g/mol. The first-order chi connectivity index (χ1) is 8.86. The van der Waals surface area contributed by atoms with Gasteiger partial charge in [-0.2, -0.15) is 0 Å². The Morgan fingerprint density at radius 1 is 1.47 bits per heavy atom. The molecule has 1 atom stereocenters. The molecule has 1 rings (SSSR count). The van der Waals surface area contributed by atoms with Crippen LogP contribution in [0.4, 0.5) is 0 Å². The van der Waals surface area contributed by atoms with E-state index in [0.717, 1.165) is 0 Å². The second-order valence-corrected chi connectivity index (χ2v) is 5.35. The minimum absolute atomic E-state index is 0.0853. The number of ether oxygens (including phenoxy) is 1. The third-order valence-corrected chi connectivity index (χ3v) is 3.59. The van der Waals surface area contributed by atoms with Gasteiger partial charge in [0.05, 0.1) is 13.2 Å². The number of esters is 1. The van der Waals surface area contributed by atoms with Gasteiger partial charge in [-0.05, 0) is 20.8 Å². The quantitative estimate of drug-likeness (QED) is 0.821. The van der Waals surface area contributed by atoms with Crippen molar-refractivity contribution in [2.75, 3.05) is 13.7 Å². The Kier molecular flexibility index (Phi) is 5.44. The molecule has 0 spiro atoms. The third kappa shape index (κ3) is 4.00. The molecule has 7 heteroatoms. The zero-order valence-corrected chi connectivity index (χ0v) is 12.4. The molecule has 0 aromatic carbocycles. The molecule has 6 nitrogen and oxygen atoms in total. The number of carbonyl (C=O) groups excluding carboxylic acids is 2. The topological polar surface area (TPSA) is 85.5 Å². The third-order valence-electron chi connectivity index (χ3n) is 2.54. The van der Waals surface area contributed by atoms with Gasteiger partial charge in [0.15, 0.2) is 0 Å². The van der Waals surface area contributed by atoms with Crippen molar-refractivity contribution in [2.24, 2.45) is 5.73 Å². The van der Waals surface area contributed by atoms with E-state index in [0.29, 0.717) is 10.7 Å². The number of nitrogens with two attached hydrogens (primary N) is 1. The average molecular weight is 285 g/mol. The molecule has 0 aliphatic heterocycles. The fourth-order valence-electron chi connectivity index (χ4n) is 1.43. The fourth-order valence-corrected chi connectivity index (χ4v) is 2.19. The molecular formula is C12H19N3O3S. The maximum Gasteiger partial charge on any atom is 0.325 e. The van der Waals surface area contributed by atoms with Gasteiger partial charge < -0.3 is 15.4 Å². The Morgan fingerprint density at radius 3 is 2.53 bits per heavy atom. The van der Waals surface area contributed by atoms with Crippen molar-refractivity contribution in [2.45, 2.75) is 32.9 Å². The largest absolute Gasteiger partial charge is 0.468 e. The lowest BCUT2D eigenvalue weighted by Crippen LogP contribution is -2.41. The first kappa shape index (κ1) is 15.6. The Labute approximate surface area is 116 Å². The van der Waals surface area contributed by atoms with Gasteiger partial charge in [0.1, 0.15) is 17.2 Å². The first-order valence-electron chi connectivity index (χ1n) is 5.95. The molecule has 2 N–H and O–H groups in total. The second-order valence-electron chi connectivity index (χ2n) is 4.46. The van der Waals surface area contributed by atoms with Crippen LogP contribution in [-0.2, 0) is 9.53 Å². The van der Waals surface area contributed by atoms with E-state index < -0.39 is 5.97 Å². The lowest BCUT2D eigenvalue weighted by atomic mass is 10.2. The zero-order chi connectivity index (χ0) is 14.6. The highest BCUT2D eigenvalue weighted by molar-refractivity contribution is 7.09. The summed E-state index contributed by atoms with van der Waals surface area (Å²) in [5.74, 6) is -0.742. The number of nitrogens with zero attached hydrogens (tertiary/aromatic N) is 2. The van der Waals surface area contributed by atoms with Gasteiger partial charge in [0.25, 0.3) is 5.91 Å². The zero-order valence-electron chi connectivity index (χ0n) is 11.5. The average Bonchev–Trinajstić information content (AvgIpc) is 2.84. The smallest absolute Gasteiger partial charge is 0.325 e. The van der Waals surface area contributed by atoms with Crippen LogP contribution in [0.5, 0.6) is 0 Å². The minimum Gasteiger partial charge on any atom is -0.468 e. The van der Waals surface area contributed by atoms with Gasteiger partial charge in [-0.1, -0.05) is 0 Å². The number of aromatic nitrogens is 1. The lowest BCUT2D eigenvalue weighted by Gasteiger charge is -2.24. The van der Waals surface area contributed by atoms with Crippen LogP contribution >= 0.6 is 11.3 Å². The van der Waals surface area contributed by atoms with Gasteiger partial charge in [0.2, 0.25) is 0 Å². The maximum atomic E-state index is 12.3. The van der Waals surface area contributed by atoms with Gasteiger partial charge in [-0.3, -0.25) is 9.59 Å². The van der Waals surface area contributed by atoms with Crippen LogP contribution in [0, 0.1) is 0 Å². The first-order valence-corrected chi connectivity index (χ1v) is 6.83. The number of methoxy groups -OCH3 is 1. The summed E-state index contributed by atoms with van der Waals surface area (Å²) < 4.78 is 4.59. The standard InChI is InChI=1S/C12H19N3O3S/c1-7(2)15(5-10(16)18-4)12(17)9-6-19-11(14-9)8(3)13/h6-8H,5,13H2,1-4H3. The van der Waals surface area contributed by atoms with Crippen LogP contribution in [0.2, 0.25) is 0 Å². The van der Waals surface area contributed by atoms with Gasteiger partial charge in [-0.15, -0.1) is 11.3 Å². The van der Waals surface area contributed by atoms with Crippen molar-refractivity contribution in [1.29, 1.82) is 0 Å². The van der Waals surface area contributed by atoms with E-state index in [1.54, 1.807) is 5.38 Å². The Balaban J connectivity index is 2.89. The second kappa shape index (κ2) is 6.63. The van der Waals surface area contributed by atoms with Crippen LogP contribution in [0.25, 0.3) is 0 Å². The van der Waals surface area contributed by atoms with Crippen molar-refractivity contribution in [3.8, 4) is 0 Å². The van der Waals surface area contributed by atoms with Crippen LogP contribution in [0.15, 0.2) is 5.38 Å². The Hall–Kier alpha value is -1.47. The van der Waals surface area contributed by atoms with Crippen molar-refractivity contribution in [1.82, 2.24) is 9.88 Å². The Morgan fingerprint density at radius 2 is 2.11 bits per heavy atom. The molecule has 1 heterocycles. The molecule has 0 bridgehead atoms. The monoisotopic (exact) mass is 285 g/mol. The number of carbonyl (C=O) groups is 2. The van der Waals surface area contributed by atoms with Crippen LogP contribution < -0.4 is 5.73 Å². The summed E-state index contributed by atoms with van der Waals surface area (Å²) in [5, 5.41) is 2.36. The number of amides is 1. The van der Waals surface area contributed by atoms with E-state index in [1.165, 1.54) is 23.3 Å². The van der Waals surface area contributed by atoms with Crippen molar-refractivity contribution >= 4 is 23.2 Å². The highest BCUT2D eigenvalue weighted by Gasteiger charge is 2.24. The van der Waals surface area contributed by atoms with Crippen LogP contribution in [0.3, 0.4) is 0 Å². The van der Waals surface area contributed by atoms with Crippen LogP contribution in [-0.4, -0.2) is 41.5 Å². The van der Waals surface area contributed by atoms with Gasteiger partial charge >= 0.3 is 5.97 Å². The van der Waals surface area contributed by atoms with E-state index in [-0.39, 0.29) is 24.5 Å². The highest BCUT2D eigenvalue weighted by atomic mass is 32.1. The minimum atomic E-state index is -0.454. The molecule has 0 saturated heterocycles. The predicted molar refractivity (Wildman–Crippen MR) is 72.9 cm³/mol. The summed E-state index contributed by atoms with van der Waals surface area (Å²) >= 11 is 1.34. The summed E-state index contributed by atoms with van der Waals surface area (Å²) in [4.78, 5) is 29.2. The van der Waals surface area contributed by atoms with Gasteiger partial charge in [-0.25, -0.2) is 4.98 Å².